The molecule has 3 fully saturated rings. The second-order valence-electron chi connectivity index (χ2n) is 6.08. The molecule has 0 bridgehead atoms. The van der Waals surface area contributed by atoms with Crippen LogP contribution in [-0.2, 0) is 4.79 Å². The van der Waals surface area contributed by atoms with E-state index in [1.807, 2.05) is 4.90 Å². The molecule has 5 nitrogen and oxygen atoms in total. The SMILES string of the molecule is O=C(C1CCC1)N1CCCC1c1nc(C2CC2)no1. The molecule has 1 aromatic rings. The fraction of sp³-hybridized carbons (Fsp3) is 0.786. The molecule has 3 aliphatic rings. The van der Waals surface area contributed by atoms with Crippen LogP contribution >= 0.6 is 0 Å². The zero-order valence-corrected chi connectivity index (χ0v) is 11.0. The minimum absolute atomic E-state index is 0.0353. The van der Waals surface area contributed by atoms with Gasteiger partial charge < -0.3 is 9.42 Å². The Labute approximate surface area is 112 Å². The molecule has 1 amide bonds. The van der Waals surface area contributed by atoms with Crippen molar-refractivity contribution in [2.24, 2.45) is 5.92 Å². The summed E-state index contributed by atoms with van der Waals surface area (Å²) in [6.45, 7) is 0.848. The van der Waals surface area contributed by atoms with Crippen LogP contribution in [0.25, 0.3) is 0 Å². The normalized spacial score (nSPS) is 27.6. The van der Waals surface area contributed by atoms with Crippen molar-refractivity contribution in [3.63, 3.8) is 0 Å². The second-order valence-corrected chi connectivity index (χ2v) is 6.08. The summed E-state index contributed by atoms with van der Waals surface area (Å²) in [5.41, 5.74) is 0. The number of nitrogens with zero attached hydrogens (tertiary/aromatic N) is 3. The molecule has 1 unspecified atom stereocenters. The lowest BCUT2D eigenvalue weighted by atomic mass is 9.84. The summed E-state index contributed by atoms with van der Waals surface area (Å²) >= 11 is 0. The molecule has 0 aromatic carbocycles. The second kappa shape index (κ2) is 4.32. The standard InChI is InChI=1S/C14H19N3O2/c18-14(10-3-1-4-10)17-8-2-5-11(17)13-15-12(16-19-13)9-6-7-9/h9-11H,1-8H2. The summed E-state index contributed by atoms with van der Waals surface area (Å²) in [6, 6.07) is 0.0353. The van der Waals surface area contributed by atoms with Gasteiger partial charge in [-0.25, -0.2) is 0 Å². The lowest BCUT2D eigenvalue weighted by Gasteiger charge is -2.31. The Balaban J connectivity index is 1.52. The molecule has 1 atom stereocenters. The number of hydrogen-bond acceptors (Lipinski definition) is 4. The van der Waals surface area contributed by atoms with Crippen molar-refractivity contribution in [3.8, 4) is 0 Å². The fourth-order valence-electron chi connectivity index (χ4n) is 3.07. The Hall–Kier alpha value is -1.39. The van der Waals surface area contributed by atoms with Crippen LogP contribution < -0.4 is 0 Å². The highest BCUT2D eigenvalue weighted by Crippen LogP contribution is 2.40. The van der Waals surface area contributed by atoms with Gasteiger partial charge in [0.1, 0.15) is 6.04 Å². The smallest absolute Gasteiger partial charge is 0.249 e. The van der Waals surface area contributed by atoms with Crippen LogP contribution in [-0.4, -0.2) is 27.5 Å². The summed E-state index contributed by atoms with van der Waals surface area (Å²) in [6.07, 6.45) is 7.66. The Bertz CT molecular complexity index is 491. The maximum atomic E-state index is 12.4. The minimum Gasteiger partial charge on any atom is -0.337 e. The third-order valence-electron chi connectivity index (χ3n) is 4.68. The van der Waals surface area contributed by atoms with Crippen LogP contribution in [0.15, 0.2) is 4.52 Å². The van der Waals surface area contributed by atoms with E-state index in [1.54, 1.807) is 0 Å². The summed E-state index contributed by atoms with van der Waals surface area (Å²) in [5, 5.41) is 4.07. The monoisotopic (exact) mass is 261 g/mol. The first kappa shape index (κ1) is 11.4. The van der Waals surface area contributed by atoms with Gasteiger partial charge in [-0.05, 0) is 38.5 Å². The predicted molar refractivity (Wildman–Crippen MR) is 67.3 cm³/mol. The maximum Gasteiger partial charge on any atom is 0.249 e. The molecule has 2 aliphatic carbocycles. The van der Waals surface area contributed by atoms with Crippen molar-refractivity contribution in [2.75, 3.05) is 6.54 Å². The molecule has 1 aromatic heterocycles. The van der Waals surface area contributed by atoms with E-state index in [-0.39, 0.29) is 12.0 Å². The van der Waals surface area contributed by atoms with E-state index in [0.717, 1.165) is 38.1 Å². The third-order valence-corrected chi connectivity index (χ3v) is 4.68. The molecule has 5 heteroatoms. The molecular weight excluding hydrogens is 242 g/mol. The van der Waals surface area contributed by atoms with E-state index in [0.29, 0.717) is 17.7 Å². The number of aromatic nitrogens is 2. The van der Waals surface area contributed by atoms with E-state index >= 15 is 0 Å². The maximum absolute atomic E-state index is 12.4. The van der Waals surface area contributed by atoms with Gasteiger partial charge in [-0.3, -0.25) is 4.79 Å². The third kappa shape index (κ3) is 1.95. The average Bonchev–Trinajstić information content (AvgIpc) is 2.91. The number of likely N-dealkylation sites (tertiary alicyclic amines) is 1. The Morgan fingerprint density at radius 2 is 2.00 bits per heavy atom. The minimum atomic E-state index is 0.0353. The van der Waals surface area contributed by atoms with Gasteiger partial charge in [-0.1, -0.05) is 11.6 Å². The topological polar surface area (TPSA) is 59.2 Å². The first-order valence-electron chi connectivity index (χ1n) is 7.47. The van der Waals surface area contributed by atoms with Gasteiger partial charge in [0.2, 0.25) is 11.8 Å². The van der Waals surface area contributed by atoms with Gasteiger partial charge in [0.05, 0.1) is 0 Å². The van der Waals surface area contributed by atoms with Crippen molar-refractivity contribution in [3.05, 3.63) is 11.7 Å². The van der Waals surface area contributed by atoms with Crippen molar-refractivity contribution in [2.45, 2.75) is 56.9 Å². The lowest BCUT2D eigenvalue weighted by molar-refractivity contribution is -0.139. The largest absolute Gasteiger partial charge is 0.337 e. The van der Waals surface area contributed by atoms with Crippen molar-refractivity contribution in [1.82, 2.24) is 15.0 Å². The number of rotatable bonds is 3. The summed E-state index contributed by atoms with van der Waals surface area (Å²) in [7, 11) is 0. The van der Waals surface area contributed by atoms with Gasteiger partial charge >= 0.3 is 0 Å². The predicted octanol–water partition coefficient (Wildman–Crippen LogP) is 2.41. The molecule has 0 radical (unpaired) electrons. The molecule has 0 N–H and O–H groups in total. The van der Waals surface area contributed by atoms with Crippen molar-refractivity contribution >= 4 is 5.91 Å². The molecule has 1 aliphatic heterocycles. The molecule has 4 rings (SSSR count). The van der Waals surface area contributed by atoms with E-state index in [9.17, 15) is 4.79 Å². The zero-order chi connectivity index (χ0) is 12.8. The highest BCUT2D eigenvalue weighted by molar-refractivity contribution is 5.80. The molecule has 19 heavy (non-hydrogen) atoms. The average molecular weight is 261 g/mol. The fourth-order valence-corrected chi connectivity index (χ4v) is 3.07. The molecule has 0 spiro atoms. The molecular formula is C14H19N3O2. The summed E-state index contributed by atoms with van der Waals surface area (Å²) in [5.74, 6) is 2.58. The highest BCUT2D eigenvalue weighted by Gasteiger charge is 2.39. The van der Waals surface area contributed by atoms with E-state index in [4.69, 9.17) is 4.52 Å². The van der Waals surface area contributed by atoms with Crippen LogP contribution in [0.5, 0.6) is 0 Å². The number of carbonyl (C=O) groups is 1. The van der Waals surface area contributed by atoms with Gasteiger partial charge in [0.15, 0.2) is 5.82 Å². The Morgan fingerprint density at radius 1 is 1.16 bits per heavy atom. The molecule has 2 saturated carbocycles. The first-order chi connectivity index (χ1) is 9.33. The number of hydrogen-bond donors (Lipinski definition) is 0. The van der Waals surface area contributed by atoms with Crippen LogP contribution in [0.3, 0.4) is 0 Å². The highest BCUT2D eigenvalue weighted by atomic mass is 16.5. The lowest BCUT2D eigenvalue weighted by Crippen LogP contribution is -2.38. The van der Waals surface area contributed by atoms with E-state index in [1.165, 1.54) is 19.3 Å². The van der Waals surface area contributed by atoms with Crippen LogP contribution in [0.4, 0.5) is 0 Å². The van der Waals surface area contributed by atoms with Gasteiger partial charge in [0.25, 0.3) is 0 Å². The van der Waals surface area contributed by atoms with Crippen molar-refractivity contribution in [1.29, 1.82) is 0 Å². The molecule has 102 valence electrons. The quantitative estimate of drug-likeness (QED) is 0.838. The van der Waals surface area contributed by atoms with E-state index in [2.05, 4.69) is 10.1 Å². The number of amides is 1. The Morgan fingerprint density at radius 3 is 2.68 bits per heavy atom. The molecule has 1 saturated heterocycles. The van der Waals surface area contributed by atoms with Gasteiger partial charge in [-0.2, -0.15) is 4.98 Å². The summed E-state index contributed by atoms with van der Waals surface area (Å²) in [4.78, 5) is 18.9. The van der Waals surface area contributed by atoms with Gasteiger partial charge in [0, 0.05) is 18.4 Å². The van der Waals surface area contributed by atoms with Crippen molar-refractivity contribution < 1.29 is 9.32 Å². The summed E-state index contributed by atoms with van der Waals surface area (Å²) < 4.78 is 5.41. The van der Waals surface area contributed by atoms with Crippen LogP contribution in [0.1, 0.15) is 68.6 Å². The first-order valence-corrected chi connectivity index (χ1v) is 7.47. The van der Waals surface area contributed by atoms with Crippen LogP contribution in [0.2, 0.25) is 0 Å². The van der Waals surface area contributed by atoms with Gasteiger partial charge in [-0.15, -0.1) is 0 Å². The molecule has 2 heterocycles. The Kier molecular flexibility index (Phi) is 2.60. The van der Waals surface area contributed by atoms with E-state index < -0.39 is 0 Å². The number of carbonyl (C=O) groups excluding carboxylic acids is 1. The van der Waals surface area contributed by atoms with Crippen LogP contribution in [0, 0.1) is 5.92 Å². The zero-order valence-electron chi connectivity index (χ0n) is 11.0.